The van der Waals surface area contributed by atoms with Gasteiger partial charge in [-0.15, -0.1) is 0 Å². The van der Waals surface area contributed by atoms with Crippen LogP contribution in [0.2, 0.25) is 0 Å². The first kappa shape index (κ1) is 21.4. The molecule has 0 bridgehead atoms. The largest absolute Gasteiger partial charge is 0.341 e. The highest BCUT2D eigenvalue weighted by Gasteiger charge is 2.28. The zero-order chi connectivity index (χ0) is 20.8. The van der Waals surface area contributed by atoms with Crippen molar-refractivity contribution < 1.29 is 13.6 Å². The summed E-state index contributed by atoms with van der Waals surface area (Å²) >= 11 is 0. The second-order valence-corrected chi connectivity index (χ2v) is 7.78. The van der Waals surface area contributed by atoms with Crippen molar-refractivity contribution in [2.24, 2.45) is 11.7 Å². The van der Waals surface area contributed by atoms with Gasteiger partial charge < -0.3 is 16.0 Å². The predicted octanol–water partition coefficient (Wildman–Crippen LogP) is 3.56. The summed E-state index contributed by atoms with van der Waals surface area (Å²) in [7, 11) is 1.73. The van der Waals surface area contributed by atoms with Crippen LogP contribution >= 0.6 is 0 Å². The van der Waals surface area contributed by atoms with Crippen LogP contribution in [0.3, 0.4) is 0 Å². The normalized spacial score (nSPS) is 15.9. The molecule has 1 fully saturated rings. The third-order valence-electron chi connectivity index (χ3n) is 5.90. The van der Waals surface area contributed by atoms with E-state index in [0.717, 1.165) is 37.1 Å². The average Bonchev–Trinajstić information content (AvgIpc) is 2.73. The van der Waals surface area contributed by atoms with Crippen molar-refractivity contribution in [1.29, 1.82) is 0 Å². The van der Waals surface area contributed by atoms with Crippen LogP contribution in [0.4, 0.5) is 8.78 Å². The van der Waals surface area contributed by atoms with Crippen LogP contribution in [-0.4, -0.2) is 30.9 Å². The van der Waals surface area contributed by atoms with Gasteiger partial charge in [0.15, 0.2) is 0 Å². The Morgan fingerprint density at radius 2 is 1.86 bits per heavy atom. The summed E-state index contributed by atoms with van der Waals surface area (Å²) in [5.41, 5.74) is 7.85. The van der Waals surface area contributed by atoms with E-state index in [4.69, 9.17) is 5.73 Å². The van der Waals surface area contributed by atoms with Gasteiger partial charge >= 0.3 is 0 Å². The smallest absolute Gasteiger partial charge is 0.223 e. The molecule has 0 aromatic heterocycles. The van der Waals surface area contributed by atoms with E-state index in [1.807, 2.05) is 0 Å². The molecule has 2 aromatic carbocycles. The van der Waals surface area contributed by atoms with Gasteiger partial charge in [0.25, 0.3) is 0 Å². The summed E-state index contributed by atoms with van der Waals surface area (Å²) in [6.07, 6.45) is 2.32. The molecule has 4 nitrogen and oxygen atoms in total. The molecule has 0 radical (unpaired) electrons. The lowest BCUT2D eigenvalue weighted by molar-refractivity contribution is -0.131. The van der Waals surface area contributed by atoms with Crippen LogP contribution in [0, 0.1) is 17.6 Å². The quantitative estimate of drug-likeness (QED) is 0.746. The van der Waals surface area contributed by atoms with E-state index in [9.17, 15) is 13.6 Å². The Bertz CT molecular complexity index is 819. The molecular formula is C23H29F2N3O. The molecule has 3 rings (SSSR count). The monoisotopic (exact) mass is 401 g/mol. The number of rotatable bonds is 7. The molecule has 29 heavy (non-hydrogen) atoms. The fourth-order valence-corrected chi connectivity index (χ4v) is 4.18. The topological polar surface area (TPSA) is 58.4 Å². The highest BCUT2D eigenvalue weighted by atomic mass is 19.1. The average molecular weight is 402 g/mol. The van der Waals surface area contributed by atoms with Gasteiger partial charge in [-0.1, -0.05) is 24.3 Å². The van der Waals surface area contributed by atoms with Crippen molar-refractivity contribution in [3.8, 4) is 0 Å². The number of carbonyl (C=O) groups is 1. The molecule has 1 aliphatic heterocycles. The summed E-state index contributed by atoms with van der Waals surface area (Å²) in [6.45, 7) is 2.26. The van der Waals surface area contributed by atoms with Crippen LogP contribution in [0.25, 0.3) is 0 Å². The van der Waals surface area contributed by atoms with Crippen LogP contribution in [0.1, 0.15) is 41.9 Å². The lowest BCUT2D eigenvalue weighted by atomic mass is 9.78. The minimum absolute atomic E-state index is 0.00918. The fraction of sp³-hybridized carbons (Fsp3) is 0.435. The summed E-state index contributed by atoms with van der Waals surface area (Å²) in [4.78, 5) is 14.7. The Kier molecular flexibility index (Phi) is 7.34. The Morgan fingerprint density at radius 3 is 2.52 bits per heavy atom. The van der Waals surface area contributed by atoms with E-state index in [0.29, 0.717) is 24.4 Å². The zero-order valence-electron chi connectivity index (χ0n) is 16.8. The summed E-state index contributed by atoms with van der Waals surface area (Å²) < 4.78 is 27.4. The summed E-state index contributed by atoms with van der Waals surface area (Å²) in [5, 5.41) is 3.35. The second-order valence-electron chi connectivity index (χ2n) is 7.78. The van der Waals surface area contributed by atoms with E-state index in [-0.39, 0.29) is 30.0 Å². The molecule has 1 amide bonds. The molecule has 156 valence electrons. The Morgan fingerprint density at radius 1 is 1.17 bits per heavy atom. The van der Waals surface area contributed by atoms with Crippen LogP contribution in [0.15, 0.2) is 42.5 Å². The number of amides is 1. The number of piperidine rings is 1. The van der Waals surface area contributed by atoms with Gasteiger partial charge in [-0.05, 0) is 67.1 Å². The van der Waals surface area contributed by atoms with Crippen molar-refractivity contribution in [1.82, 2.24) is 10.2 Å². The molecule has 1 atom stereocenters. The first-order valence-electron chi connectivity index (χ1n) is 10.2. The number of nitrogens with zero attached hydrogens (tertiary/aromatic N) is 1. The molecular weight excluding hydrogens is 372 g/mol. The van der Waals surface area contributed by atoms with Crippen LogP contribution in [-0.2, 0) is 17.9 Å². The van der Waals surface area contributed by atoms with Gasteiger partial charge in [0.05, 0.1) is 0 Å². The molecule has 1 heterocycles. The molecule has 0 aliphatic carbocycles. The number of hydrogen-bond acceptors (Lipinski definition) is 3. The van der Waals surface area contributed by atoms with Crippen molar-refractivity contribution in [3.05, 3.63) is 70.8 Å². The van der Waals surface area contributed by atoms with Gasteiger partial charge in [0.1, 0.15) is 11.6 Å². The van der Waals surface area contributed by atoms with Gasteiger partial charge in [0, 0.05) is 32.1 Å². The Labute approximate surface area is 171 Å². The van der Waals surface area contributed by atoms with Gasteiger partial charge in [0.2, 0.25) is 5.91 Å². The molecule has 0 spiro atoms. The number of nitrogens with two attached hydrogens (primary N) is 1. The number of carbonyl (C=O) groups excluding carboxylic acids is 1. The SMILES string of the molecule is CN(Cc1cccc(F)c1CN)C(=O)CC(c1ccc(F)cc1)C1CCNCC1. The molecule has 1 aliphatic rings. The third kappa shape index (κ3) is 5.40. The second kappa shape index (κ2) is 9.94. The van der Waals surface area contributed by atoms with Gasteiger partial charge in [-0.25, -0.2) is 8.78 Å². The van der Waals surface area contributed by atoms with E-state index in [1.54, 1.807) is 36.2 Å². The first-order valence-corrected chi connectivity index (χ1v) is 10.2. The van der Waals surface area contributed by atoms with E-state index >= 15 is 0 Å². The number of hydrogen-bond donors (Lipinski definition) is 2. The lowest BCUT2D eigenvalue weighted by Crippen LogP contribution is -2.34. The first-order chi connectivity index (χ1) is 14.0. The molecule has 1 unspecified atom stereocenters. The van der Waals surface area contributed by atoms with Crippen molar-refractivity contribution in [2.75, 3.05) is 20.1 Å². The standard InChI is InChI=1S/C23H29F2N3O/c1-28(15-18-3-2-4-22(25)21(18)14-26)23(29)13-20(17-9-11-27-12-10-17)16-5-7-19(24)8-6-16/h2-8,17,20,27H,9-15,26H2,1H3. The van der Waals surface area contributed by atoms with Crippen molar-refractivity contribution in [3.63, 3.8) is 0 Å². The van der Waals surface area contributed by atoms with E-state index < -0.39 is 0 Å². The van der Waals surface area contributed by atoms with E-state index in [2.05, 4.69) is 5.32 Å². The fourth-order valence-electron chi connectivity index (χ4n) is 4.18. The summed E-state index contributed by atoms with van der Waals surface area (Å²) in [6, 6.07) is 11.3. The minimum Gasteiger partial charge on any atom is -0.341 e. The highest BCUT2D eigenvalue weighted by Crippen LogP contribution is 2.34. The maximum Gasteiger partial charge on any atom is 0.223 e. The number of halogens is 2. The highest BCUT2D eigenvalue weighted by molar-refractivity contribution is 5.77. The molecule has 0 saturated carbocycles. The van der Waals surface area contributed by atoms with Gasteiger partial charge in [-0.2, -0.15) is 0 Å². The van der Waals surface area contributed by atoms with Gasteiger partial charge in [-0.3, -0.25) is 4.79 Å². The zero-order valence-corrected chi connectivity index (χ0v) is 16.8. The maximum atomic E-state index is 14.0. The van der Waals surface area contributed by atoms with Crippen LogP contribution in [0.5, 0.6) is 0 Å². The molecule has 3 N–H and O–H groups in total. The number of benzene rings is 2. The maximum absolute atomic E-state index is 14.0. The van der Waals surface area contributed by atoms with E-state index in [1.165, 1.54) is 18.2 Å². The van der Waals surface area contributed by atoms with Crippen molar-refractivity contribution in [2.45, 2.75) is 38.3 Å². The number of nitrogens with one attached hydrogen (secondary N) is 1. The Hall–Kier alpha value is -2.31. The van der Waals surface area contributed by atoms with Crippen LogP contribution < -0.4 is 11.1 Å². The lowest BCUT2D eigenvalue weighted by Gasteiger charge is -2.32. The minimum atomic E-state index is -0.343. The Balaban J connectivity index is 1.75. The third-order valence-corrected chi connectivity index (χ3v) is 5.90. The molecule has 1 saturated heterocycles. The molecule has 6 heteroatoms. The molecule has 2 aromatic rings. The van der Waals surface area contributed by atoms with Crippen molar-refractivity contribution >= 4 is 5.91 Å². The summed E-state index contributed by atoms with van der Waals surface area (Å²) in [5.74, 6) is -0.224. The predicted molar refractivity (Wildman–Crippen MR) is 110 cm³/mol.